The van der Waals surface area contributed by atoms with Gasteiger partial charge in [0.25, 0.3) is 0 Å². The van der Waals surface area contributed by atoms with Crippen molar-refractivity contribution in [2.24, 2.45) is 5.92 Å². The molecule has 0 spiro atoms. The molecule has 2 aliphatic rings. The van der Waals surface area contributed by atoms with Crippen LogP contribution in [0.2, 0.25) is 0 Å². The Morgan fingerprint density at radius 1 is 1.53 bits per heavy atom. The van der Waals surface area contributed by atoms with Crippen molar-refractivity contribution in [3.8, 4) is 0 Å². The van der Waals surface area contributed by atoms with E-state index in [9.17, 15) is 0 Å². The maximum absolute atomic E-state index is 3.22. The van der Waals surface area contributed by atoms with Crippen LogP contribution in [0.25, 0.3) is 0 Å². The Balaban J connectivity index is 0.000000232. The molecule has 0 N–H and O–H groups in total. The van der Waals surface area contributed by atoms with Crippen molar-refractivity contribution in [1.82, 2.24) is 0 Å². The average Bonchev–Trinajstić information content (AvgIpc) is 2.95. The summed E-state index contributed by atoms with van der Waals surface area (Å²) >= 11 is 2.09. The number of hydrogen-bond donors (Lipinski definition) is 0. The summed E-state index contributed by atoms with van der Waals surface area (Å²) in [6.07, 6.45) is 20.0. The van der Waals surface area contributed by atoms with E-state index in [0.29, 0.717) is 5.92 Å². The van der Waals surface area contributed by atoms with E-state index < -0.39 is 0 Å². The van der Waals surface area contributed by atoms with E-state index in [2.05, 4.69) is 75.4 Å². The van der Waals surface area contributed by atoms with Crippen molar-refractivity contribution in [2.45, 2.75) is 40.0 Å². The maximum Gasteiger partial charge on any atom is -0.109 e. The predicted molar refractivity (Wildman–Crippen MR) is 73.3 cm³/mol. The van der Waals surface area contributed by atoms with Gasteiger partial charge in [0.1, 0.15) is 0 Å². The first-order valence-corrected chi connectivity index (χ1v) is 7.09. The molecule has 0 fully saturated rings. The van der Waals surface area contributed by atoms with Crippen LogP contribution in [0.3, 0.4) is 0 Å². The van der Waals surface area contributed by atoms with Crippen molar-refractivity contribution in [3.63, 3.8) is 0 Å². The van der Waals surface area contributed by atoms with E-state index in [4.69, 9.17) is 0 Å². The van der Waals surface area contributed by atoms with Gasteiger partial charge in [0, 0.05) is 0 Å². The Morgan fingerprint density at radius 2 is 2.29 bits per heavy atom. The van der Waals surface area contributed by atoms with Crippen LogP contribution in [0, 0.1) is 18.1 Å². The van der Waals surface area contributed by atoms with Gasteiger partial charge >= 0.3 is 44.1 Å². The molecule has 0 aromatic rings. The molecule has 0 heterocycles. The van der Waals surface area contributed by atoms with Crippen LogP contribution in [-0.4, -0.2) is 4.31 Å². The SMILES string of the molecule is CC1=[C-]C(C)C=C1.CCC[CH]=[Ti+2].[C-]1=CC=CC1. The van der Waals surface area contributed by atoms with E-state index in [1.54, 1.807) is 0 Å². The zero-order chi connectivity index (χ0) is 12.9. The number of unbranched alkanes of at least 4 members (excludes halogenated alkanes) is 1. The minimum absolute atomic E-state index is 0.556. The third-order valence-electron chi connectivity index (χ3n) is 2.11. The fraction of sp³-hybridized carbons (Fsp3) is 0.438. The minimum atomic E-state index is 0.556. The molecule has 0 amide bonds. The van der Waals surface area contributed by atoms with Gasteiger partial charge in [-0.3, -0.25) is 12.2 Å². The summed E-state index contributed by atoms with van der Waals surface area (Å²) in [5, 5.41) is 0. The normalized spacial score (nSPS) is 19.1. The van der Waals surface area contributed by atoms with Crippen molar-refractivity contribution >= 4 is 4.31 Å². The predicted octanol–water partition coefficient (Wildman–Crippen LogP) is 4.38. The molecule has 0 saturated heterocycles. The molecule has 0 aliphatic heterocycles. The van der Waals surface area contributed by atoms with Crippen molar-refractivity contribution in [2.75, 3.05) is 0 Å². The number of hydrogen-bond acceptors (Lipinski definition) is 0. The molecular weight excluding hydrogens is 240 g/mol. The van der Waals surface area contributed by atoms with Gasteiger partial charge < -0.3 is 0 Å². The van der Waals surface area contributed by atoms with E-state index in [1.807, 2.05) is 12.2 Å². The van der Waals surface area contributed by atoms with Crippen LogP contribution in [0.4, 0.5) is 0 Å². The molecule has 0 saturated carbocycles. The zero-order valence-corrected chi connectivity index (χ0v) is 12.7. The smallest absolute Gasteiger partial charge is 0.109 e. The number of allylic oxidation sites excluding steroid dienone is 8. The molecule has 0 aromatic heterocycles. The van der Waals surface area contributed by atoms with Crippen molar-refractivity contribution in [1.29, 1.82) is 0 Å². The second-order valence-corrected chi connectivity index (χ2v) is 4.61. The molecule has 90 valence electrons. The van der Waals surface area contributed by atoms with E-state index in [0.717, 1.165) is 6.42 Å². The van der Waals surface area contributed by atoms with Gasteiger partial charge in [0.15, 0.2) is 0 Å². The third kappa shape index (κ3) is 11.8. The second kappa shape index (κ2) is 12.0. The summed E-state index contributed by atoms with van der Waals surface area (Å²) < 4.78 is 2.18. The van der Waals surface area contributed by atoms with Gasteiger partial charge in [-0.05, 0) is 0 Å². The van der Waals surface area contributed by atoms with Crippen LogP contribution in [0.1, 0.15) is 40.0 Å². The molecule has 0 radical (unpaired) electrons. The first-order valence-electron chi connectivity index (χ1n) is 6.19. The first kappa shape index (κ1) is 16.5. The molecule has 2 aliphatic carbocycles. The summed E-state index contributed by atoms with van der Waals surface area (Å²) in [7, 11) is 0. The quantitative estimate of drug-likeness (QED) is 0.511. The third-order valence-corrected chi connectivity index (χ3v) is 2.56. The second-order valence-electron chi connectivity index (χ2n) is 3.97. The van der Waals surface area contributed by atoms with Gasteiger partial charge in [-0.2, -0.15) is 12.2 Å². The summed E-state index contributed by atoms with van der Waals surface area (Å²) in [5.74, 6) is 0.556. The fourth-order valence-electron chi connectivity index (χ4n) is 1.23. The molecule has 1 unspecified atom stereocenters. The Kier molecular flexibility index (Phi) is 11.7. The van der Waals surface area contributed by atoms with Gasteiger partial charge in [-0.1, -0.05) is 19.8 Å². The van der Waals surface area contributed by atoms with Gasteiger partial charge in [0.05, 0.1) is 0 Å². The van der Waals surface area contributed by atoms with Crippen molar-refractivity contribution < 1.29 is 20.0 Å². The molecule has 0 nitrogen and oxygen atoms in total. The summed E-state index contributed by atoms with van der Waals surface area (Å²) in [4.78, 5) is 0. The largest absolute Gasteiger partial charge is 0.273 e. The molecule has 1 atom stereocenters. The molecule has 17 heavy (non-hydrogen) atoms. The molecule has 0 bridgehead atoms. The molecule has 2 rings (SSSR count). The van der Waals surface area contributed by atoms with Crippen LogP contribution >= 0.6 is 0 Å². The van der Waals surface area contributed by atoms with Gasteiger partial charge in [0.2, 0.25) is 0 Å². The maximum atomic E-state index is 3.22. The zero-order valence-electron chi connectivity index (χ0n) is 11.2. The first-order chi connectivity index (χ1) is 8.20. The fourth-order valence-corrected chi connectivity index (χ4v) is 1.68. The van der Waals surface area contributed by atoms with E-state index >= 15 is 0 Å². The van der Waals surface area contributed by atoms with Gasteiger partial charge in [-0.15, -0.1) is 6.42 Å². The summed E-state index contributed by atoms with van der Waals surface area (Å²) in [6.45, 7) is 6.38. The van der Waals surface area contributed by atoms with Gasteiger partial charge in [-0.25, -0.2) is 23.8 Å². The number of rotatable bonds is 2. The Bertz CT molecular complexity index is 295. The Morgan fingerprint density at radius 3 is 2.41 bits per heavy atom. The summed E-state index contributed by atoms with van der Waals surface area (Å²) in [6, 6.07) is 0. The van der Waals surface area contributed by atoms with Crippen LogP contribution in [0.5, 0.6) is 0 Å². The van der Waals surface area contributed by atoms with E-state index in [1.165, 1.54) is 18.4 Å². The minimum Gasteiger partial charge on any atom is -0.273 e. The Labute approximate surface area is 118 Å². The van der Waals surface area contributed by atoms with Crippen molar-refractivity contribution in [3.05, 3.63) is 48.1 Å². The summed E-state index contributed by atoms with van der Waals surface area (Å²) in [5.41, 5.74) is 1.27. The standard InChI is InChI=1S/C7H9.C5H5.C4H8.Ti/c1-6-3-4-7(2)5-6;1-2-4-5-3-1;1-3-4-2;/h3-4,6H,1-2H3;1-3H,4H2;1H,3-4H2,2H3;/q2*-1;;+2. The van der Waals surface area contributed by atoms with E-state index in [-0.39, 0.29) is 0 Å². The monoisotopic (exact) mass is 262 g/mol. The van der Waals surface area contributed by atoms with Crippen LogP contribution in [0.15, 0.2) is 36.0 Å². The van der Waals surface area contributed by atoms with Crippen LogP contribution in [-0.2, 0) is 20.0 Å². The van der Waals surface area contributed by atoms with Crippen LogP contribution < -0.4 is 0 Å². The topological polar surface area (TPSA) is 0 Å². The molecule has 1 heteroatoms. The Hall–Kier alpha value is -0.456. The molecule has 0 aromatic carbocycles. The molecular formula is C16H22Ti. The average molecular weight is 262 g/mol.